The molecule has 0 heterocycles. The molecule has 0 fully saturated rings. The summed E-state index contributed by atoms with van der Waals surface area (Å²) in [4.78, 5) is 11.5. The number of carbonyl (C=O) groups excluding carboxylic acids is 1. The normalized spacial score (nSPS) is 10.4. The van der Waals surface area contributed by atoms with Gasteiger partial charge in [-0.1, -0.05) is 32.6 Å². The summed E-state index contributed by atoms with van der Waals surface area (Å²) in [6, 6.07) is 5.95. The van der Waals surface area contributed by atoms with E-state index in [1.54, 1.807) is 12.1 Å². The molecular weight excluding hydrogens is 229 g/mol. The molecule has 96 valence electrons. The molecule has 0 saturated heterocycles. The summed E-state index contributed by atoms with van der Waals surface area (Å²) in [5, 5.41) is 2.73. The van der Waals surface area contributed by atoms with Crippen LogP contribution in [-0.4, -0.2) is 12.5 Å². The van der Waals surface area contributed by atoms with Crippen LogP contribution in [0, 0.1) is 23.1 Å². The van der Waals surface area contributed by atoms with E-state index < -0.39 is 0 Å². The average molecular weight is 247 g/mol. The van der Waals surface area contributed by atoms with E-state index in [4.69, 9.17) is 0 Å². The van der Waals surface area contributed by atoms with Crippen LogP contribution in [0.15, 0.2) is 24.3 Å². The van der Waals surface area contributed by atoms with E-state index in [9.17, 15) is 9.18 Å². The van der Waals surface area contributed by atoms with Crippen molar-refractivity contribution in [2.45, 2.75) is 27.2 Å². The van der Waals surface area contributed by atoms with Crippen molar-refractivity contribution >= 4 is 5.91 Å². The second-order valence-electron chi connectivity index (χ2n) is 5.32. The molecule has 3 heteroatoms. The Bertz CT molecular complexity index is 460. The highest BCUT2D eigenvalue weighted by Crippen LogP contribution is 2.17. The van der Waals surface area contributed by atoms with Gasteiger partial charge in [-0.15, -0.1) is 0 Å². The molecule has 0 unspecified atom stereocenters. The minimum absolute atomic E-state index is 0.00379. The first-order valence-corrected chi connectivity index (χ1v) is 5.88. The SMILES string of the molecule is CC(C)(C)CC(=O)NCC#Cc1ccc(F)cc1. The number of carbonyl (C=O) groups is 1. The maximum Gasteiger partial charge on any atom is 0.221 e. The highest BCUT2D eigenvalue weighted by molar-refractivity contribution is 5.76. The maximum absolute atomic E-state index is 12.6. The number of hydrogen-bond donors (Lipinski definition) is 1. The van der Waals surface area contributed by atoms with Gasteiger partial charge in [-0.3, -0.25) is 4.79 Å². The summed E-state index contributed by atoms with van der Waals surface area (Å²) >= 11 is 0. The van der Waals surface area contributed by atoms with E-state index in [1.807, 2.05) is 20.8 Å². The molecule has 0 aliphatic carbocycles. The van der Waals surface area contributed by atoms with E-state index in [2.05, 4.69) is 17.2 Å². The van der Waals surface area contributed by atoms with Crippen molar-refractivity contribution in [3.8, 4) is 11.8 Å². The number of nitrogens with one attached hydrogen (secondary N) is 1. The minimum Gasteiger partial charge on any atom is -0.345 e. The van der Waals surface area contributed by atoms with Gasteiger partial charge in [0.05, 0.1) is 6.54 Å². The molecule has 0 atom stereocenters. The Morgan fingerprint density at radius 3 is 2.44 bits per heavy atom. The number of rotatable bonds is 2. The third-order valence-electron chi connectivity index (χ3n) is 2.14. The van der Waals surface area contributed by atoms with Crippen molar-refractivity contribution in [2.24, 2.45) is 5.41 Å². The monoisotopic (exact) mass is 247 g/mol. The predicted molar refractivity (Wildman–Crippen MR) is 70.4 cm³/mol. The summed E-state index contributed by atoms with van der Waals surface area (Å²) in [5.41, 5.74) is 0.718. The fraction of sp³-hybridized carbons (Fsp3) is 0.400. The molecule has 1 rings (SSSR count). The number of benzene rings is 1. The lowest BCUT2D eigenvalue weighted by molar-refractivity contribution is -0.122. The summed E-state index contributed by atoms with van der Waals surface area (Å²) in [6.45, 7) is 6.34. The van der Waals surface area contributed by atoms with Gasteiger partial charge >= 0.3 is 0 Å². The zero-order valence-electron chi connectivity index (χ0n) is 11.0. The molecular formula is C15H18FNO. The van der Waals surface area contributed by atoms with Crippen molar-refractivity contribution in [1.82, 2.24) is 5.32 Å². The van der Waals surface area contributed by atoms with Gasteiger partial charge in [-0.2, -0.15) is 0 Å². The molecule has 0 aliphatic rings. The second-order valence-corrected chi connectivity index (χ2v) is 5.32. The molecule has 0 aromatic heterocycles. The third kappa shape index (κ3) is 6.05. The minimum atomic E-state index is -0.279. The molecule has 0 radical (unpaired) electrons. The lowest BCUT2D eigenvalue weighted by Crippen LogP contribution is -2.27. The summed E-state index contributed by atoms with van der Waals surface area (Å²) in [5.74, 6) is 5.41. The summed E-state index contributed by atoms with van der Waals surface area (Å²) in [7, 11) is 0. The molecule has 0 bridgehead atoms. The van der Waals surface area contributed by atoms with E-state index in [0.29, 0.717) is 13.0 Å². The molecule has 0 spiro atoms. The molecule has 18 heavy (non-hydrogen) atoms. The number of hydrogen-bond acceptors (Lipinski definition) is 1. The van der Waals surface area contributed by atoms with Gasteiger partial charge in [0.15, 0.2) is 0 Å². The van der Waals surface area contributed by atoms with Crippen LogP contribution in [0.1, 0.15) is 32.8 Å². The van der Waals surface area contributed by atoms with E-state index in [0.717, 1.165) is 5.56 Å². The Morgan fingerprint density at radius 1 is 1.28 bits per heavy atom. The topological polar surface area (TPSA) is 29.1 Å². The Kier molecular flexibility index (Phi) is 4.91. The fourth-order valence-electron chi connectivity index (χ4n) is 1.37. The second kappa shape index (κ2) is 6.20. The van der Waals surface area contributed by atoms with Crippen molar-refractivity contribution in [3.63, 3.8) is 0 Å². The molecule has 1 N–H and O–H groups in total. The van der Waals surface area contributed by atoms with Gasteiger partial charge in [0.2, 0.25) is 5.91 Å². The average Bonchev–Trinajstić information content (AvgIpc) is 2.24. The third-order valence-corrected chi connectivity index (χ3v) is 2.14. The van der Waals surface area contributed by atoms with Crippen LogP contribution in [0.2, 0.25) is 0 Å². The van der Waals surface area contributed by atoms with Crippen LogP contribution < -0.4 is 5.32 Å². The maximum atomic E-state index is 12.6. The highest BCUT2D eigenvalue weighted by atomic mass is 19.1. The highest BCUT2D eigenvalue weighted by Gasteiger charge is 2.14. The lowest BCUT2D eigenvalue weighted by atomic mass is 9.92. The Labute approximate surface area is 108 Å². The largest absolute Gasteiger partial charge is 0.345 e. The Morgan fingerprint density at radius 2 is 1.89 bits per heavy atom. The first-order valence-electron chi connectivity index (χ1n) is 5.88. The van der Waals surface area contributed by atoms with Gasteiger partial charge in [0, 0.05) is 12.0 Å². The van der Waals surface area contributed by atoms with Gasteiger partial charge in [-0.05, 0) is 29.7 Å². The van der Waals surface area contributed by atoms with Crippen molar-refractivity contribution in [3.05, 3.63) is 35.6 Å². The molecule has 1 aromatic rings. The van der Waals surface area contributed by atoms with Crippen LogP contribution in [0.3, 0.4) is 0 Å². The van der Waals surface area contributed by atoms with Crippen molar-refractivity contribution in [2.75, 3.05) is 6.54 Å². The standard InChI is InChI=1S/C15H18FNO/c1-15(2,3)11-14(18)17-10-4-5-12-6-8-13(16)9-7-12/h6-9H,10-11H2,1-3H3,(H,17,18). The van der Waals surface area contributed by atoms with Crippen LogP contribution in [-0.2, 0) is 4.79 Å². The number of halogens is 1. The molecule has 1 aromatic carbocycles. The van der Waals surface area contributed by atoms with Crippen molar-refractivity contribution in [1.29, 1.82) is 0 Å². The molecule has 0 aliphatic heterocycles. The van der Waals surface area contributed by atoms with Crippen LogP contribution in [0.25, 0.3) is 0 Å². The summed E-state index contributed by atoms with van der Waals surface area (Å²) in [6.07, 6.45) is 0.477. The van der Waals surface area contributed by atoms with Crippen LogP contribution in [0.5, 0.6) is 0 Å². The van der Waals surface area contributed by atoms with E-state index in [1.165, 1.54) is 12.1 Å². The summed E-state index contributed by atoms with van der Waals surface area (Å²) < 4.78 is 12.6. The number of amides is 1. The van der Waals surface area contributed by atoms with Gasteiger partial charge in [-0.25, -0.2) is 4.39 Å². The van der Waals surface area contributed by atoms with Gasteiger partial charge in [0.1, 0.15) is 5.82 Å². The first-order chi connectivity index (χ1) is 8.37. The van der Waals surface area contributed by atoms with Crippen LogP contribution in [0.4, 0.5) is 4.39 Å². The van der Waals surface area contributed by atoms with E-state index >= 15 is 0 Å². The zero-order chi connectivity index (χ0) is 13.6. The van der Waals surface area contributed by atoms with E-state index in [-0.39, 0.29) is 17.1 Å². The molecule has 2 nitrogen and oxygen atoms in total. The fourth-order valence-corrected chi connectivity index (χ4v) is 1.37. The molecule has 0 saturated carbocycles. The van der Waals surface area contributed by atoms with Gasteiger partial charge < -0.3 is 5.32 Å². The Balaban J connectivity index is 2.38. The van der Waals surface area contributed by atoms with Crippen molar-refractivity contribution < 1.29 is 9.18 Å². The lowest BCUT2D eigenvalue weighted by Gasteiger charge is -2.16. The molecule has 1 amide bonds. The zero-order valence-corrected chi connectivity index (χ0v) is 11.0. The smallest absolute Gasteiger partial charge is 0.221 e. The van der Waals surface area contributed by atoms with Gasteiger partial charge in [0.25, 0.3) is 0 Å². The Hall–Kier alpha value is -1.82. The predicted octanol–water partition coefficient (Wildman–Crippen LogP) is 2.73. The van der Waals surface area contributed by atoms with Crippen LogP contribution >= 0.6 is 0 Å². The first kappa shape index (κ1) is 14.2. The quantitative estimate of drug-likeness (QED) is 0.800.